The number of aliphatic hydroxyl groups excluding tert-OH is 2. The van der Waals surface area contributed by atoms with Crippen molar-refractivity contribution in [3.8, 4) is 0 Å². The van der Waals surface area contributed by atoms with Crippen molar-refractivity contribution >= 4 is 17.7 Å². The van der Waals surface area contributed by atoms with E-state index in [1.165, 1.54) is 17.2 Å². The van der Waals surface area contributed by atoms with Crippen LogP contribution >= 0.6 is 0 Å². The number of alkyl halides is 3. The van der Waals surface area contributed by atoms with Gasteiger partial charge in [0.2, 0.25) is 5.91 Å². The minimum Gasteiger partial charge on any atom is -0.482 e. The molecule has 0 saturated carbocycles. The highest BCUT2D eigenvalue weighted by molar-refractivity contribution is 6.00. The molecular weight excluding hydrogens is 441 g/mol. The lowest BCUT2D eigenvalue weighted by Crippen LogP contribution is -2.43. The average molecular weight is 462 g/mol. The molecule has 3 aliphatic rings. The van der Waals surface area contributed by atoms with E-state index in [1.807, 2.05) is 0 Å². The fraction of sp³-hybridized carbons (Fsp3) is 0.500. The largest absolute Gasteiger partial charge is 0.482 e. The molecule has 0 aliphatic carbocycles. The number of ether oxygens (including phenoxy) is 2. The number of nitrogens with one attached hydrogen (secondary N) is 3. The number of carbonyl (C=O) groups is 3. The molecule has 0 aromatic heterocycles. The van der Waals surface area contributed by atoms with Gasteiger partial charge in [0.05, 0.1) is 18.3 Å². The zero-order chi connectivity index (χ0) is 23.5. The van der Waals surface area contributed by atoms with E-state index in [0.29, 0.717) is 18.2 Å². The van der Waals surface area contributed by atoms with Crippen molar-refractivity contribution in [1.29, 1.82) is 0 Å². The summed E-state index contributed by atoms with van der Waals surface area (Å²) in [5.41, 5.74) is 0.0565. The third-order valence-corrected chi connectivity index (χ3v) is 4.66. The lowest BCUT2D eigenvalue weighted by Gasteiger charge is -2.32. The summed E-state index contributed by atoms with van der Waals surface area (Å²) < 4.78 is 47.0. The van der Waals surface area contributed by atoms with Gasteiger partial charge in [-0.15, -0.1) is 0 Å². The van der Waals surface area contributed by atoms with Crippen LogP contribution in [0.4, 0.5) is 13.2 Å². The van der Waals surface area contributed by atoms with Crippen LogP contribution in [0.3, 0.4) is 0 Å². The molecule has 3 aliphatic heterocycles. The monoisotopic (exact) mass is 462 g/mol. The first-order chi connectivity index (χ1) is 15.1. The molecule has 3 amide bonds. The summed E-state index contributed by atoms with van der Waals surface area (Å²) in [4.78, 5) is 36.4. The highest BCUT2D eigenvalue weighted by Crippen LogP contribution is 2.32. The van der Waals surface area contributed by atoms with Crippen LogP contribution in [-0.2, 0) is 23.9 Å². The Morgan fingerprint density at radius 3 is 2.59 bits per heavy atom. The SMILES string of the molecule is O=C(/C=C/C1=CN(C2CC(O)C(CO)O2)/C(=C2\CO2)NC1=O)NCCNC(=O)C(F)(F)F. The number of rotatable bonds is 7. The molecule has 2 fully saturated rings. The molecule has 14 heteroatoms. The summed E-state index contributed by atoms with van der Waals surface area (Å²) in [6.45, 7) is -0.775. The molecule has 0 bridgehead atoms. The first-order valence-electron chi connectivity index (χ1n) is 9.53. The van der Waals surface area contributed by atoms with Crippen LogP contribution in [-0.4, -0.2) is 83.7 Å². The Morgan fingerprint density at radius 1 is 1.31 bits per heavy atom. The van der Waals surface area contributed by atoms with Gasteiger partial charge in [0.15, 0.2) is 11.6 Å². The van der Waals surface area contributed by atoms with E-state index in [0.717, 1.165) is 6.08 Å². The van der Waals surface area contributed by atoms with Gasteiger partial charge in [0, 0.05) is 31.8 Å². The van der Waals surface area contributed by atoms with E-state index in [4.69, 9.17) is 9.47 Å². The van der Waals surface area contributed by atoms with Gasteiger partial charge in [-0.05, 0) is 6.08 Å². The Hall–Kier alpha value is -3.10. The Kier molecular flexibility index (Phi) is 7.06. The summed E-state index contributed by atoms with van der Waals surface area (Å²) in [5, 5.41) is 25.8. The summed E-state index contributed by atoms with van der Waals surface area (Å²) >= 11 is 0. The molecule has 32 heavy (non-hydrogen) atoms. The summed E-state index contributed by atoms with van der Waals surface area (Å²) in [7, 11) is 0. The topological polar surface area (TPSA) is 153 Å². The van der Waals surface area contributed by atoms with Crippen molar-refractivity contribution in [3.05, 3.63) is 35.5 Å². The predicted octanol–water partition coefficient (Wildman–Crippen LogP) is -1.68. The van der Waals surface area contributed by atoms with Crippen molar-refractivity contribution in [2.24, 2.45) is 0 Å². The summed E-state index contributed by atoms with van der Waals surface area (Å²) in [6.07, 6.45) is -3.68. The third kappa shape index (κ3) is 5.77. The minimum atomic E-state index is -5.01. The second-order valence-electron chi connectivity index (χ2n) is 7.00. The van der Waals surface area contributed by atoms with Gasteiger partial charge in [-0.25, -0.2) is 0 Å². The van der Waals surface area contributed by atoms with E-state index < -0.39 is 48.9 Å². The molecule has 3 heterocycles. The number of nitrogens with zero attached hydrogens (tertiary/aromatic N) is 1. The number of hydrogen-bond acceptors (Lipinski definition) is 8. The van der Waals surface area contributed by atoms with Crippen LogP contribution in [0.25, 0.3) is 0 Å². The van der Waals surface area contributed by atoms with Gasteiger partial charge < -0.3 is 40.5 Å². The Labute approximate surface area is 179 Å². The highest BCUT2D eigenvalue weighted by atomic mass is 19.4. The summed E-state index contributed by atoms with van der Waals surface area (Å²) in [5.74, 6) is -2.53. The average Bonchev–Trinajstić information content (AvgIpc) is 3.51. The Bertz CT molecular complexity index is 865. The maximum Gasteiger partial charge on any atom is 0.471 e. The molecule has 0 aromatic carbocycles. The molecular formula is C18H21F3N4O7. The van der Waals surface area contributed by atoms with Crippen LogP contribution in [0.5, 0.6) is 0 Å². The quantitative estimate of drug-likeness (QED) is 0.171. The number of halogens is 3. The molecule has 176 valence electrons. The molecule has 3 atom stereocenters. The fourth-order valence-electron chi connectivity index (χ4n) is 2.99. The molecule has 0 spiro atoms. The number of carbonyl (C=O) groups excluding carboxylic acids is 3. The molecule has 3 unspecified atom stereocenters. The first kappa shape index (κ1) is 23.6. The van der Waals surface area contributed by atoms with Gasteiger partial charge in [-0.1, -0.05) is 0 Å². The van der Waals surface area contributed by atoms with Crippen molar-refractivity contribution in [3.63, 3.8) is 0 Å². The smallest absolute Gasteiger partial charge is 0.471 e. The predicted molar refractivity (Wildman–Crippen MR) is 98.6 cm³/mol. The number of hydrogen-bond donors (Lipinski definition) is 5. The molecule has 2 saturated heterocycles. The number of epoxide rings is 1. The molecule has 5 N–H and O–H groups in total. The first-order valence-corrected chi connectivity index (χ1v) is 9.53. The van der Waals surface area contributed by atoms with Crippen LogP contribution in [0.1, 0.15) is 6.42 Å². The lowest BCUT2D eigenvalue weighted by molar-refractivity contribution is -0.173. The van der Waals surface area contributed by atoms with Crippen LogP contribution in [0.2, 0.25) is 0 Å². The van der Waals surface area contributed by atoms with E-state index >= 15 is 0 Å². The lowest BCUT2D eigenvalue weighted by atomic mass is 10.1. The highest BCUT2D eigenvalue weighted by Gasteiger charge is 2.41. The van der Waals surface area contributed by atoms with Crippen LogP contribution < -0.4 is 16.0 Å². The molecule has 0 radical (unpaired) electrons. The number of aliphatic hydroxyl groups is 2. The summed E-state index contributed by atoms with van der Waals surface area (Å²) in [6, 6.07) is 0. The van der Waals surface area contributed by atoms with Crippen LogP contribution in [0.15, 0.2) is 35.5 Å². The normalized spacial score (nSPS) is 27.7. The van der Waals surface area contributed by atoms with Gasteiger partial charge >= 0.3 is 12.1 Å². The van der Waals surface area contributed by atoms with E-state index in [1.54, 1.807) is 5.32 Å². The molecule has 11 nitrogen and oxygen atoms in total. The fourth-order valence-corrected chi connectivity index (χ4v) is 2.99. The Balaban J connectivity index is 1.60. The van der Waals surface area contributed by atoms with Gasteiger partial charge in [0.25, 0.3) is 5.91 Å². The zero-order valence-electron chi connectivity index (χ0n) is 16.5. The van der Waals surface area contributed by atoms with E-state index in [2.05, 4.69) is 10.6 Å². The van der Waals surface area contributed by atoms with Crippen LogP contribution in [0, 0.1) is 0 Å². The molecule has 0 aromatic rings. The standard InChI is InChI=1S/C18H21F3N4O7/c19-18(20,21)17(30)23-4-3-22-13(28)2-1-9-6-25(14-5-10(27)11(7-26)32-14)15(12-8-31-12)24-16(9)29/h1-2,6,10-11,14,26-27H,3-5,7-8H2,(H,22,28)(H,23,30)(H,24,29)/b2-1+,15-12+. The van der Waals surface area contributed by atoms with Crippen molar-refractivity contribution in [2.45, 2.75) is 31.0 Å². The van der Waals surface area contributed by atoms with Crippen molar-refractivity contribution in [1.82, 2.24) is 20.9 Å². The maximum absolute atomic E-state index is 12.4. The third-order valence-electron chi connectivity index (χ3n) is 4.66. The maximum atomic E-state index is 12.4. The van der Waals surface area contributed by atoms with Gasteiger partial charge in [-0.2, -0.15) is 13.2 Å². The van der Waals surface area contributed by atoms with Gasteiger partial charge in [0.1, 0.15) is 18.9 Å². The van der Waals surface area contributed by atoms with E-state index in [-0.39, 0.29) is 25.1 Å². The minimum absolute atomic E-state index is 0.0565. The second-order valence-corrected chi connectivity index (χ2v) is 7.00. The molecule has 3 rings (SSSR count). The van der Waals surface area contributed by atoms with Gasteiger partial charge in [-0.3, -0.25) is 14.4 Å². The second kappa shape index (κ2) is 9.58. The number of amides is 3. The Morgan fingerprint density at radius 2 is 2.00 bits per heavy atom. The van der Waals surface area contributed by atoms with Crippen molar-refractivity contribution < 1.29 is 47.2 Å². The van der Waals surface area contributed by atoms with E-state index in [9.17, 15) is 37.8 Å². The zero-order valence-corrected chi connectivity index (χ0v) is 16.5. The van der Waals surface area contributed by atoms with Crippen molar-refractivity contribution in [2.75, 3.05) is 26.3 Å².